The van der Waals surface area contributed by atoms with E-state index in [1.54, 1.807) is 6.26 Å². The van der Waals surface area contributed by atoms with Gasteiger partial charge < -0.3 is 4.74 Å². The molecule has 0 radical (unpaired) electrons. The Hall–Kier alpha value is -0.980. The molecule has 48 valence electrons. The van der Waals surface area contributed by atoms with Gasteiger partial charge in [0, 0.05) is 0 Å². The van der Waals surface area contributed by atoms with Crippen molar-refractivity contribution in [3.8, 4) is 0 Å². The summed E-state index contributed by atoms with van der Waals surface area (Å²) in [6.45, 7) is 5.72. The van der Waals surface area contributed by atoms with Crippen LogP contribution >= 0.6 is 0 Å². The Bertz CT molecular complexity index is 165. The second kappa shape index (κ2) is 2.53. The first-order valence-electron chi connectivity index (χ1n) is 2.95. The monoisotopic (exact) mass is 122 g/mol. The lowest BCUT2D eigenvalue weighted by Gasteiger charge is -2.13. The highest BCUT2D eigenvalue weighted by atomic mass is 16.5. The van der Waals surface area contributed by atoms with Crippen LogP contribution in [0.5, 0.6) is 0 Å². The molecule has 0 aromatic heterocycles. The molecule has 1 aliphatic heterocycles. The van der Waals surface area contributed by atoms with Crippen molar-refractivity contribution in [1.29, 1.82) is 0 Å². The molecule has 0 spiro atoms. The van der Waals surface area contributed by atoms with E-state index in [2.05, 4.69) is 6.58 Å². The van der Waals surface area contributed by atoms with Crippen molar-refractivity contribution in [2.45, 2.75) is 13.0 Å². The molecule has 1 rings (SSSR count). The maximum Gasteiger partial charge on any atom is 0.137 e. The lowest BCUT2D eigenvalue weighted by atomic mass is 10.1. The number of hydrogen-bond donors (Lipinski definition) is 0. The summed E-state index contributed by atoms with van der Waals surface area (Å²) in [5.41, 5.74) is 1.04. The quantitative estimate of drug-likeness (QED) is 0.483. The van der Waals surface area contributed by atoms with Crippen molar-refractivity contribution in [3.63, 3.8) is 0 Å². The summed E-state index contributed by atoms with van der Waals surface area (Å²) in [5, 5.41) is 0. The van der Waals surface area contributed by atoms with Gasteiger partial charge in [0.15, 0.2) is 0 Å². The van der Waals surface area contributed by atoms with Crippen LogP contribution in [0.3, 0.4) is 0 Å². The van der Waals surface area contributed by atoms with Crippen molar-refractivity contribution in [3.05, 3.63) is 36.6 Å². The second-order valence-electron chi connectivity index (χ2n) is 2.12. The van der Waals surface area contributed by atoms with Crippen LogP contribution in [0.25, 0.3) is 0 Å². The summed E-state index contributed by atoms with van der Waals surface area (Å²) in [7, 11) is 0. The van der Waals surface area contributed by atoms with Crippen molar-refractivity contribution >= 4 is 0 Å². The van der Waals surface area contributed by atoms with E-state index in [0.717, 1.165) is 5.57 Å². The van der Waals surface area contributed by atoms with E-state index in [1.165, 1.54) is 0 Å². The Labute approximate surface area is 55.3 Å². The third kappa shape index (κ3) is 1.46. The number of ether oxygens (including phenoxy) is 1. The maximum atomic E-state index is 5.17. The maximum absolute atomic E-state index is 5.17. The van der Waals surface area contributed by atoms with Crippen LogP contribution in [-0.4, -0.2) is 6.10 Å². The molecule has 0 aromatic rings. The highest BCUT2D eigenvalue weighted by Crippen LogP contribution is 2.09. The third-order valence-corrected chi connectivity index (χ3v) is 1.19. The molecular formula is C8H10O. The van der Waals surface area contributed by atoms with Gasteiger partial charge in [-0.3, -0.25) is 0 Å². The molecule has 1 nitrogen and oxygen atoms in total. The molecule has 0 bridgehead atoms. The molecule has 1 heteroatoms. The molecule has 0 saturated heterocycles. The van der Waals surface area contributed by atoms with E-state index in [9.17, 15) is 0 Å². The topological polar surface area (TPSA) is 9.23 Å². The molecule has 0 saturated carbocycles. The van der Waals surface area contributed by atoms with Crippen LogP contribution in [0.4, 0.5) is 0 Å². The molecule has 0 amide bonds. The molecule has 1 aliphatic rings. The smallest absolute Gasteiger partial charge is 0.137 e. The minimum atomic E-state index is 0.0926. The lowest BCUT2D eigenvalue weighted by Crippen LogP contribution is -2.08. The van der Waals surface area contributed by atoms with Gasteiger partial charge >= 0.3 is 0 Å². The molecule has 1 heterocycles. The fraction of sp³-hybridized carbons (Fsp3) is 0.250. The van der Waals surface area contributed by atoms with Gasteiger partial charge in [0.25, 0.3) is 0 Å². The SMILES string of the molecule is C=C(C)[C@@H]1C=CC=CO1. The van der Waals surface area contributed by atoms with Crippen molar-refractivity contribution in [2.75, 3.05) is 0 Å². The van der Waals surface area contributed by atoms with E-state index in [-0.39, 0.29) is 6.10 Å². The minimum absolute atomic E-state index is 0.0926. The molecule has 0 aliphatic carbocycles. The Morgan fingerprint density at radius 2 is 2.33 bits per heavy atom. The zero-order valence-corrected chi connectivity index (χ0v) is 5.50. The summed E-state index contributed by atoms with van der Waals surface area (Å²) < 4.78 is 5.17. The zero-order valence-electron chi connectivity index (χ0n) is 5.50. The van der Waals surface area contributed by atoms with Crippen LogP contribution in [0.2, 0.25) is 0 Å². The Balaban J connectivity index is 2.56. The van der Waals surface area contributed by atoms with Gasteiger partial charge in [-0.05, 0) is 24.6 Å². The van der Waals surface area contributed by atoms with Crippen LogP contribution in [0, 0.1) is 0 Å². The summed E-state index contributed by atoms with van der Waals surface area (Å²) in [6.07, 6.45) is 7.57. The Kier molecular flexibility index (Phi) is 1.73. The first-order chi connectivity index (χ1) is 4.30. The van der Waals surface area contributed by atoms with Crippen molar-refractivity contribution in [2.24, 2.45) is 0 Å². The molecule has 0 N–H and O–H groups in total. The van der Waals surface area contributed by atoms with E-state index in [4.69, 9.17) is 4.74 Å². The predicted molar refractivity (Wildman–Crippen MR) is 38.0 cm³/mol. The van der Waals surface area contributed by atoms with Crippen LogP contribution in [-0.2, 0) is 4.74 Å². The fourth-order valence-electron chi connectivity index (χ4n) is 0.666. The first kappa shape index (κ1) is 6.14. The average Bonchev–Trinajstić information content (AvgIpc) is 1.90. The highest BCUT2D eigenvalue weighted by molar-refractivity contribution is 5.16. The number of hydrogen-bond acceptors (Lipinski definition) is 1. The van der Waals surface area contributed by atoms with Gasteiger partial charge in [0.2, 0.25) is 0 Å². The van der Waals surface area contributed by atoms with E-state index in [0.29, 0.717) is 0 Å². The summed E-state index contributed by atoms with van der Waals surface area (Å²) >= 11 is 0. The normalized spacial score (nSPS) is 23.4. The lowest BCUT2D eigenvalue weighted by molar-refractivity contribution is 0.214. The van der Waals surface area contributed by atoms with Crippen molar-refractivity contribution in [1.82, 2.24) is 0 Å². The average molecular weight is 122 g/mol. The number of rotatable bonds is 1. The van der Waals surface area contributed by atoms with E-state index >= 15 is 0 Å². The van der Waals surface area contributed by atoms with Gasteiger partial charge in [0.05, 0.1) is 6.26 Å². The fourth-order valence-corrected chi connectivity index (χ4v) is 0.666. The van der Waals surface area contributed by atoms with Crippen LogP contribution in [0.1, 0.15) is 6.92 Å². The van der Waals surface area contributed by atoms with Crippen LogP contribution < -0.4 is 0 Å². The van der Waals surface area contributed by atoms with Gasteiger partial charge in [-0.2, -0.15) is 0 Å². The number of allylic oxidation sites excluding steroid dienone is 2. The Morgan fingerprint density at radius 3 is 2.67 bits per heavy atom. The van der Waals surface area contributed by atoms with E-state index < -0.39 is 0 Å². The molecule has 0 unspecified atom stereocenters. The summed E-state index contributed by atoms with van der Waals surface area (Å²) in [6, 6.07) is 0. The van der Waals surface area contributed by atoms with Gasteiger partial charge in [0.1, 0.15) is 6.10 Å². The van der Waals surface area contributed by atoms with Gasteiger partial charge in [-0.1, -0.05) is 12.7 Å². The standard InChI is InChI=1S/C8H10O/c1-7(2)8-5-3-4-6-9-8/h3-6,8H,1H2,2H3/t8-/m0/s1. The van der Waals surface area contributed by atoms with Gasteiger partial charge in [-0.25, -0.2) is 0 Å². The Morgan fingerprint density at radius 1 is 1.56 bits per heavy atom. The zero-order chi connectivity index (χ0) is 6.69. The predicted octanol–water partition coefficient (Wildman–Crippen LogP) is 2.03. The van der Waals surface area contributed by atoms with E-state index in [1.807, 2.05) is 25.2 Å². The highest BCUT2D eigenvalue weighted by Gasteiger charge is 2.04. The van der Waals surface area contributed by atoms with Gasteiger partial charge in [-0.15, -0.1) is 0 Å². The molecule has 0 aromatic carbocycles. The molecule has 9 heavy (non-hydrogen) atoms. The molecule has 0 fully saturated rings. The first-order valence-corrected chi connectivity index (χ1v) is 2.95. The largest absolute Gasteiger partial charge is 0.490 e. The van der Waals surface area contributed by atoms with Crippen molar-refractivity contribution < 1.29 is 4.74 Å². The molecule has 1 atom stereocenters. The minimum Gasteiger partial charge on any atom is -0.490 e. The third-order valence-electron chi connectivity index (χ3n) is 1.19. The van der Waals surface area contributed by atoms with Crippen LogP contribution in [0.15, 0.2) is 36.6 Å². The second-order valence-corrected chi connectivity index (χ2v) is 2.12. The summed E-state index contributed by atoms with van der Waals surface area (Å²) in [5.74, 6) is 0. The molecular weight excluding hydrogens is 112 g/mol. The summed E-state index contributed by atoms with van der Waals surface area (Å²) in [4.78, 5) is 0.